The molecule has 0 spiro atoms. The zero-order valence-corrected chi connectivity index (χ0v) is 15.5. The van der Waals surface area contributed by atoms with Crippen LogP contribution in [0, 0.1) is 5.82 Å². The van der Waals surface area contributed by atoms with Gasteiger partial charge >= 0.3 is 0 Å². The summed E-state index contributed by atoms with van der Waals surface area (Å²) in [6, 6.07) is 7.97. The maximum absolute atomic E-state index is 13.2. The van der Waals surface area contributed by atoms with Crippen LogP contribution in [0.5, 0.6) is 0 Å². The Bertz CT molecular complexity index is 829. The summed E-state index contributed by atoms with van der Waals surface area (Å²) in [5.74, 6) is -1.61. The number of rotatable bonds is 9. The number of halogens is 1. The Balaban J connectivity index is 2.26. The lowest BCUT2D eigenvalue weighted by atomic mass is 10.0. The minimum atomic E-state index is -1.35. The third-order valence-corrected chi connectivity index (χ3v) is 4.38. The van der Waals surface area contributed by atoms with Crippen LogP contribution in [-0.4, -0.2) is 47.3 Å². The normalized spacial score (nSPS) is 12.0. The smallest absolute Gasteiger partial charge is 0.251 e. The lowest BCUT2D eigenvalue weighted by molar-refractivity contribution is -0.123. The van der Waals surface area contributed by atoms with Crippen molar-refractivity contribution in [2.45, 2.75) is 19.9 Å². The molecule has 1 N–H and O–H groups in total. The molecule has 1 aromatic heterocycles. The molecule has 1 aromatic carbocycles. The monoisotopic (exact) mass is 373 g/mol. The fourth-order valence-corrected chi connectivity index (χ4v) is 2.77. The van der Waals surface area contributed by atoms with Crippen molar-refractivity contribution in [3.05, 3.63) is 70.4 Å². The van der Waals surface area contributed by atoms with Crippen molar-refractivity contribution in [3.63, 3.8) is 0 Å². The fourth-order valence-electron chi connectivity index (χ4n) is 2.77. The number of nitrogens with one attached hydrogen (secondary N) is 1. The Labute approximate surface area is 157 Å². The van der Waals surface area contributed by atoms with Crippen LogP contribution in [0.15, 0.2) is 53.5 Å². The number of Topliss-reactive ketones (excluding diaryl/α,β-unsaturated/α-hetero) is 1. The van der Waals surface area contributed by atoms with E-state index in [2.05, 4.69) is 10.2 Å². The first-order valence-electron chi connectivity index (χ1n) is 8.95. The van der Waals surface area contributed by atoms with Gasteiger partial charge in [0, 0.05) is 30.9 Å². The van der Waals surface area contributed by atoms with Gasteiger partial charge in [0.1, 0.15) is 5.82 Å². The SMILES string of the molecule is CCN(CC)CCNC(=O)C(C(=O)c1ccc(F)cc1)n1ccccc1=O. The van der Waals surface area contributed by atoms with Crippen molar-refractivity contribution in [3.8, 4) is 0 Å². The summed E-state index contributed by atoms with van der Waals surface area (Å²) in [5, 5.41) is 2.73. The number of pyridine rings is 1. The van der Waals surface area contributed by atoms with Crippen LogP contribution in [0.3, 0.4) is 0 Å². The number of carbonyl (C=O) groups excluding carboxylic acids is 2. The minimum absolute atomic E-state index is 0.163. The van der Waals surface area contributed by atoms with Gasteiger partial charge in [0.15, 0.2) is 11.8 Å². The third-order valence-electron chi connectivity index (χ3n) is 4.38. The molecular formula is C20H24FN3O3. The summed E-state index contributed by atoms with van der Waals surface area (Å²) in [6.45, 7) is 6.74. The van der Waals surface area contributed by atoms with Gasteiger partial charge in [0.05, 0.1) is 0 Å². The first-order valence-corrected chi connectivity index (χ1v) is 8.95. The third kappa shape index (κ3) is 5.34. The maximum atomic E-state index is 13.2. The zero-order chi connectivity index (χ0) is 19.8. The van der Waals surface area contributed by atoms with Gasteiger partial charge in [-0.25, -0.2) is 4.39 Å². The number of nitrogens with zero attached hydrogens (tertiary/aromatic N) is 2. The second kappa shape index (κ2) is 9.78. The number of hydrogen-bond donors (Lipinski definition) is 1. The molecule has 0 aliphatic rings. The zero-order valence-electron chi connectivity index (χ0n) is 15.5. The Morgan fingerprint density at radius 1 is 1.11 bits per heavy atom. The number of likely N-dealkylation sites (N-methyl/N-ethyl adjacent to an activating group) is 1. The molecule has 144 valence electrons. The molecule has 0 radical (unpaired) electrons. The topological polar surface area (TPSA) is 71.4 Å². The van der Waals surface area contributed by atoms with Crippen LogP contribution in [0.1, 0.15) is 30.2 Å². The average molecular weight is 373 g/mol. The van der Waals surface area contributed by atoms with E-state index in [1.54, 1.807) is 6.07 Å². The van der Waals surface area contributed by atoms with E-state index in [0.29, 0.717) is 13.1 Å². The van der Waals surface area contributed by atoms with Gasteiger partial charge < -0.3 is 10.2 Å². The lowest BCUT2D eigenvalue weighted by Gasteiger charge is -2.21. The number of hydrogen-bond acceptors (Lipinski definition) is 4. The van der Waals surface area contributed by atoms with Gasteiger partial charge in [0.25, 0.3) is 11.5 Å². The van der Waals surface area contributed by atoms with E-state index >= 15 is 0 Å². The Kier molecular flexibility index (Phi) is 7.43. The highest BCUT2D eigenvalue weighted by Crippen LogP contribution is 2.14. The van der Waals surface area contributed by atoms with Crippen LogP contribution in [0.4, 0.5) is 4.39 Å². The molecule has 0 fully saturated rings. The summed E-state index contributed by atoms with van der Waals surface area (Å²) < 4.78 is 14.3. The number of carbonyl (C=O) groups is 2. The van der Waals surface area contributed by atoms with Gasteiger partial charge in [0.2, 0.25) is 0 Å². The molecule has 0 aliphatic carbocycles. The highest BCUT2D eigenvalue weighted by atomic mass is 19.1. The molecule has 27 heavy (non-hydrogen) atoms. The summed E-state index contributed by atoms with van der Waals surface area (Å²) in [4.78, 5) is 40.0. The predicted molar refractivity (Wildman–Crippen MR) is 101 cm³/mol. The first-order chi connectivity index (χ1) is 13.0. The van der Waals surface area contributed by atoms with Crippen molar-refractivity contribution < 1.29 is 14.0 Å². The summed E-state index contributed by atoms with van der Waals surface area (Å²) in [7, 11) is 0. The van der Waals surface area contributed by atoms with E-state index in [-0.39, 0.29) is 5.56 Å². The van der Waals surface area contributed by atoms with Gasteiger partial charge in [-0.05, 0) is 43.4 Å². The molecular weight excluding hydrogens is 349 g/mol. The second-order valence-electron chi connectivity index (χ2n) is 6.04. The largest absolute Gasteiger partial charge is 0.353 e. The van der Waals surface area contributed by atoms with Gasteiger partial charge in [-0.1, -0.05) is 19.9 Å². The number of aromatic nitrogens is 1. The van der Waals surface area contributed by atoms with Crippen LogP contribution in [0.25, 0.3) is 0 Å². The first kappa shape index (κ1) is 20.5. The van der Waals surface area contributed by atoms with Gasteiger partial charge in [-0.2, -0.15) is 0 Å². The predicted octanol–water partition coefficient (Wildman–Crippen LogP) is 1.87. The van der Waals surface area contributed by atoms with Crippen molar-refractivity contribution >= 4 is 11.7 Å². The molecule has 0 saturated heterocycles. The second-order valence-corrected chi connectivity index (χ2v) is 6.04. The average Bonchev–Trinajstić information content (AvgIpc) is 2.67. The van der Waals surface area contributed by atoms with E-state index in [9.17, 15) is 18.8 Å². The van der Waals surface area contributed by atoms with Crippen molar-refractivity contribution in [2.75, 3.05) is 26.2 Å². The molecule has 7 heteroatoms. The molecule has 1 amide bonds. The highest BCUT2D eigenvalue weighted by molar-refractivity contribution is 6.11. The van der Waals surface area contributed by atoms with Gasteiger partial charge in [-0.3, -0.25) is 19.0 Å². The fraction of sp³-hybridized carbons (Fsp3) is 0.350. The minimum Gasteiger partial charge on any atom is -0.353 e. The molecule has 0 saturated carbocycles. The Morgan fingerprint density at radius 2 is 1.78 bits per heavy atom. The molecule has 2 rings (SSSR count). The summed E-state index contributed by atoms with van der Waals surface area (Å²) >= 11 is 0. The molecule has 0 bridgehead atoms. The van der Waals surface area contributed by atoms with Gasteiger partial charge in [-0.15, -0.1) is 0 Å². The lowest BCUT2D eigenvalue weighted by Crippen LogP contribution is -2.43. The molecule has 1 unspecified atom stereocenters. The molecule has 1 heterocycles. The van der Waals surface area contributed by atoms with Crippen LogP contribution < -0.4 is 10.9 Å². The number of benzene rings is 1. The van der Waals surface area contributed by atoms with Crippen LogP contribution >= 0.6 is 0 Å². The van der Waals surface area contributed by atoms with Crippen molar-refractivity contribution in [1.29, 1.82) is 0 Å². The maximum Gasteiger partial charge on any atom is 0.251 e. The Hall–Kier alpha value is -2.80. The van der Waals surface area contributed by atoms with E-state index in [1.807, 2.05) is 13.8 Å². The molecule has 0 aliphatic heterocycles. The number of amides is 1. The molecule has 2 aromatic rings. The standard InChI is InChI=1S/C20H24FN3O3/c1-3-23(4-2)14-12-22-20(27)18(24-13-6-5-7-17(24)25)19(26)15-8-10-16(21)11-9-15/h5-11,13,18H,3-4,12,14H2,1-2H3,(H,22,27). The van der Waals surface area contributed by atoms with Crippen molar-refractivity contribution in [1.82, 2.24) is 14.8 Å². The van der Waals surface area contributed by atoms with E-state index in [1.165, 1.54) is 30.5 Å². The summed E-state index contributed by atoms with van der Waals surface area (Å²) in [6.07, 6.45) is 1.40. The summed E-state index contributed by atoms with van der Waals surface area (Å²) in [5.41, 5.74) is -0.298. The van der Waals surface area contributed by atoms with Crippen LogP contribution in [0.2, 0.25) is 0 Å². The van der Waals surface area contributed by atoms with E-state index in [0.717, 1.165) is 29.8 Å². The molecule has 6 nitrogen and oxygen atoms in total. The van der Waals surface area contributed by atoms with E-state index < -0.39 is 29.1 Å². The van der Waals surface area contributed by atoms with Crippen molar-refractivity contribution in [2.24, 2.45) is 0 Å². The number of ketones is 1. The Morgan fingerprint density at radius 3 is 2.37 bits per heavy atom. The van der Waals surface area contributed by atoms with Crippen LogP contribution in [-0.2, 0) is 4.79 Å². The van der Waals surface area contributed by atoms with E-state index in [4.69, 9.17) is 0 Å². The highest BCUT2D eigenvalue weighted by Gasteiger charge is 2.29. The quantitative estimate of drug-likeness (QED) is 0.538. The molecule has 1 atom stereocenters.